The second-order valence-corrected chi connectivity index (χ2v) is 17.6. The number of aliphatic hydroxyl groups excluding tert-OH is 1. The van der Waals surface area contributed by atoms with Gasteiger partial charge in [-0.05, 0) is 84.8 Å². The lowest BCUT2D eigenvalue weighted by atomic mass is 9.73. The van der Waals surface area contributed by atoms with Gasteiger partial charge in [0.25, 0.3) is 0 Å². The van der Waals surface area contributed by atoms with E-state index in [-0.39, 0.29) is 36.8 Å². The van der Waals surface area contributed by atoms with Gasteiger partial charge in [0.05, 0.1) is 23.6 Å². The number of cyclic esters (lactones) is 1. The molecule has 0 bridgehead atoms. The number of carbonyl (C=O) groups excluding carboxylic acids is 5. The number of aromatic nitrogens is 1. The molecule has 2 aromatic rings. The molecule has 3 aliphatic heterocycles. The number of rotatable bonds is 10. The molecule has 1 aromatic carbocycles. The lowest BCUT2D eigenvalue weighted by molar-refractivity contribution is -0.298. The van der Waals surface area contributed by atoms with Gasteiger partial charge in [0, 0.05) is 42.7 Å². The third-order valence-corrected chi connectivity index (χ3v) is 12.6. The fourth-order valence-electron chi connectivity index (χ4n) is 9.26. The average molecular weight is 865 g/mol. The van der Waals surface area contributed by atoms with Crippen LogP contribution in [0, 0.1) is 23.7 Å². The van der Waals surface area contributed by atoms with Crippen LogP contribution in [0.25, 0.3) is 6.08 Å². The number of ether oxygens (including phenoxy) is 6. The second kappa shape index (κ2) is 20.5. The van der Waals surface area contributed by atoms with Gasteiger partial charge in [-0.15, -0.1) is 0 Å². The van der Waals surface area contributed by atoms with E-state index < -0.39 is 102 Å². The van der Waals surface area contributed by atoms with Crippen molar-refractivity contribution in [3.8, 4) is 0 Å². The minimum atomic E-state index is -1.75. The number of benzene rings is 1. The van der Waals surface area contributed by atoms with Crippen molar-refractivity contribution in [3.05, 3.63) is 72.1 Å². The van der Waals surface area contributed by atoms with Crippen molar-refractivity contribution in [2.45, 2.75) is 135 Å². The quantitative estimate of drug-likeness (QED) is 0.205. The maximum Gasteiger partial charge on any atom is 0.408 e. The number of hydrogen-bond acceptors (Lipinski definition) is 14. The average Bonchev–Trinajstić information content (AvgIpc) is 3.56. The van der Waals surface area contributed by atoms with Gasteiger partial charge >= 0.3 is 24.1 Å². The van der Waals surface area contributed by atoms with Crippen molar-refractivity contribution < 1.29 is 57.5 Å². The van der Waals surface area contributed by atoms with Crippen molar-refractivity contribution in [2.24, 2.45) is 23.7 Å². The molecule has 3 fully saturated rings. The van der Waals surface area contributed by atoms with E-state index in [1.807, 2.05) is 32.0 Å². The van der Waals surface area contributed by atoms with Gasteiger partial charge in [0.15, 0.2) is 11.9 Å². The van der Waals surface area contributed by atoms with E-state index in [4.69, 9.17) is 28.4 Å². The third-order valence-electron chi connectivity index (χ3n) is 12.6. The zero-order valence-corrected chi connectivity index (χ0v) is 37.4. The van der Waals surface area contributed by atoms with Crippen LogP contribution < -0.4 is 10.6 Å². The number of amides is 2. The van der Waals surface area contributed by atoms with Crippen LogP contribution in [0.1, 0.15) is 90.6 Å². The molecule has 2 amide bonds. The number of fused-ring (bicyclic) bond motifs is 1. The molecule has 0 unspecified atom stereocenters. The summed E-state index contributed by atoms with van der Waals surface area (Å²) in [7, 11) is 3.67. The first-order valence-corrected chi connectivity index (χ1v) is 21.5. The summed E-state index contributed by atoms with van der Waals surface area (Å²) in [5, 5.41) is 17.3. The molecule has 16 heteroatoms. The van der Waals surface area contributed by atoms with E-state index in [9.17, 15) is 29.1 Å². The summed E-state index contributed by atoms with van der Waals surface area (Å²) in [6, 6.07) is 10.6. The van der Waals surface area contributed by atoms with Crippen molar-refractivity contribution in [1.29, 1.82) is 0 Å². The number of pyridine rings is 1. The number of likely N-dealkylation sites (N-methyl/N-ethyl adjacent to an activating group) is 1. The maximum atomic E-state index is 14.6. The number of esters is 2. The molecule has 3 saturated heterocycles. The zero-order valence-electron chi connectivity index (χ0n) is 37.4. The summed E-state index contributed by atoms with van der Waals surface area (Å²) in [4.78, 5) is 76.0. The highest BCUT2D eigenvalue weighted by Gasteiger charge is 2.58. The Morgan fingerprint density at radius 3 is 2.39 bits per heavy atom. The molecule has 4 heterocycles. The number of carbonyl (C=O) groups is 5. The molecule has 1 aromatic heterocycles. The van der Waals surface area contributed by atoms with Gasteiger partial charge in [0.2, 0.25) is 0 Å². The number of hydrogen-bond donors (Lipinski definition) is 3. The minimum Gasteiger partial charge on any atom is -0.458 e. The number of nitrogens with one attached hydrogen (secondary N) is 2. The summed E-state index contributed by atoms with van der Waals surface area (Å²) in [6.45, 7) is 13.5. The fraction of sp³-hybridized carbons (Fsp3) is 0.609. The molecule has 3 N–H and O–H groups in total. The van der Waals surface area contributed by atoms with E-state index in [2.05, 4.69) is 15.6 Å². The molecule has 0 radical (unpaired) electrons. The Morgan fingerprint density at radius 1 is 1.03 bits per heavy atom. The van der Waals surface area contributed by atoms with Crippen molar-refractivity contribution in [3.63, 3.8) is 0 Å². The first-order chi connectivity index (χ1) is 29.3. The Hall–Kier alpha value is -4.90. The van der Waals surface area contributed by atoms with Gasteiger partial charge in [0.1, 0.15) is 35.8 Å². The summed E-state index contributed by atoms with van der Waals surface area (Å²) in [6.07, 6.45) is -0.764. The van der Waals surface area contributed by atoms with Gasteiger partial charge in [-0.25, -0.2) is 14.4 Å². The summed E-state index contributed by atoms with van der Waals surface area (Å²) in [5.74, 6) is -5.76. The SMILES string of the molecule is CC[C@H]1OC(=O)[C@H](C)[C@@H](OC(=O)c2ccccc2)[C@H](C)[C@@H](O[C@@H]2O[C@H](C)C[C@H](N(C)C)[C@H]2O)[C@](C)(OC(=O)NC/C=C/c2cccnc2)C[C@@H](C)C(=O)[C@H](C)[C@H]2NC(=O)O[C@@]21C. The molecule has 16 nitrogen and oxygen atoms in total. The Labute approximate surface area is 364 Å². The van der Waals surface area contributed by atoms with Crippen LogP contribution in [-0.2, 0) is 38.0 Å². The van der Waals surface area contributed by atoms with Gasteiger partial charge < -0.3 is 49.1 Å². The highest BCUT2D eigenvalue weighted by Crippen LogP contribution is 2.42. The van der Waals surface area contributed by atoms with Crippen molar-refractivity contribution in [2.75, 3.05) is 20.6 Å². The lowest BCUT2D eigenvalue weighted by Crippen LogP contribution is -2.61. The number of nitrogens with zero attached hydrogens (tertiary/aromatic N) is 2. The van der Waals surface area contributed by atoms with Crippen LogP contribution in [0.5, 0.6) is 0 Å². The Kier molecular flexibility index (Phi) is 15.9. The van der Waals surface area contributed by atoms with Crippen LogP contribution in [0.4, 0.5) is 9.59 Å². The molecule has 5 rings (SSSR count). The highest BCUT2D eigenvalue weighted by molar-refractivity contribution is 5.90. The zero-order chi connectivity index (χ0) is 45.5. The monoisotopic (exact) mass is 864 g/mol. The normalized spacial score (nSPS) is 35.8. The number of Topliss-reactive ketones (excluding diaryl/α,β-unsaturated/α-hetero) is 1. The number of aliphatic hydroxyl groups is 1. The minimum absolute atomic E-state index is 0.0572. The van der Waals surface area contributed by atoms with Crippen LogP contribution in [0.3, 0.4) is 0 Å². The summed E-state index contributed by atoms with van der Waals surface area (Å²) in [5.41, 5.74) is -2.19. The Morgan fingerprint density at radius 2 is 1.74 bits per heavy atom. The standard InChI is InChI=1S/C46H64N4O12/c1-11-34-46(8)38(49-44(56)62-46)28(4)35(51)26(2)24-45(7,61-43(55)48-22-16-18-31-17-15-21-47-25-31)39(60-42-36(52)33(50(9)10)23-27(3)57-42)29(5)37(30(6)40(53)58-34)59-41(54)32-19-13-12-14-20-32/h12-21,25-30,33-34,36-39,42,52H,11,22-24H2,1-10H3,(H,48,55)(H,49,56)/b18-16+/t26-,27-,28+,29+,30-,33+,34-,36-,37+,38-,39-,42+,45-,46-/m1/s1. The fourth-order valence-corrected chi connectivity index (χ4v) is 9.26. The van der Waals surface area contributed by atoms with Gasteiger partial charge in [-0.3, -0.25) is 14.6 Å². The Bertz CT molecular complexity index is 1900. The number of alkyl carbamates (subject to hydrolysis) is 2. The lowest BCUT2D eigenvalue weighted by Gasteiger charge is -2.48. The molecule has 62 heavy (non-hydrogen) atoms. The smallest absolute Gasteiger partial charge is 0.408 e. The van der Waals surface area contributed by atoms with Crippen molar-refractivity contribution in [1.82, 2.24) is 20.5 Å². The maximum absolute atomic E-state index is 14.6. The first kappa shape index (κ1) is 48.1. The van der Waals surface area contributed by atoms with E-state index in [1.165, 1.54) is 0 Å². The predicted molar refractivity (Wildman–Crippen MR) is 227 cm³/mol. The largest absolute Gasteiger partial charge is 0.458 e. The molecule has 0 aliphatic carbocycles. The molecule has 340 valence electrons. The van der Waals surface area contributed by atoms with Crippen molar-refractivity contribution >= 4 is 36.0 Å². The van der Waals surface area contributed by atoms with Crippen LogP contribution in [0.15, 0.2) is 60.9 Å². The summed E-state index contributed by atoms with van der Waals surface area (Å²) >= 11 is 0. The van der Waals surface area contributed by atoms with E-state index >= 15 is 0 Å². The van der Waals surface area contributed by atoms with E-state index in [1.54, 1.807) is 109 Å². The molecule has 0 spiro atoms. The predicted octanol–water partition coefficient (Wildman–Crippen LogP) is 5.32. The van der Waals surface area contributed by atoms with E-state index in [0.29, 0.717) is 6.42 Å². The molecular weight excluding hydrogens is 801 g/mol. The van der Waals surface area contributed by atoms with Gasteiger partial charge in [-0.2, -0.15) is 0 Å². The van der Waals surface area contributed by atoms with Crippen LogP contribution in [0.2, 0.25) is 0 Å². The summed E-state index contributed by atoms with van der Waals surface area (Å²) < 4.78 is 37.8. The van der Waals surface area contributed by atoms with Gasteiger partial charge in [-0.1, -0.05) is 64.1 Å². The molecule has 3 aliphatic rings. The topological polar surface area (TPSA) is 201 Å². The third kappa shape index (κ3) is 11.0. The second-order valence-electron chi connectivity index (χ2n) is 17.6. The molecule has 0 saturated carbocycles. The highest BCUT2D eigenvalue weighted by atomic mass is 16.7. The number of ketones is 1. The molecule has 14 atom stereocenters. The first-order valence-electron chi connectivity index (χ1n) is 21.5. The van der Waals surface area contributed by atoms with Crippen LogP contribution >= 0.6 is 0 Å². The molecular formula is C46H64N4O12. The Balaban J connectivity index is 1.65. The van der Waals surface area contributed by atoms with E-state index in [0.717, 1.165) is 5.56 Å². The van der Waals surface area contributed by atoms with Crippen LogP contribution in [-0.4, -0.2) is 126 Å².